The summed E-state index contributed by atoms with van der Waals surface area (Å²) in [5, 5.41) is 0.808. The lowest BCUT2D eigenvalue weighted by Crippen LogP contribution is -1.99. The zero-order valence-corrected chi connectivity index (χ0v) is 9.68. The number of rotatable bonds is 2. The number of fused-ring (bicyclic) bond motifs is 1. The average Bonchev–Trinajstić information content (AvgIpc) is 2.26. The Bertz CT molecular complexity index is 540. The van der Waals surface area contributed by atoms with Crippen LogP contribution in [-0.4, -0.2) is 4.98 Å². The topological polar surface area (TPSA) is 38.9 Å². The molecule has 0 saturated heterocycles. The van der Waals surface area contributed by atoms with Gasteiger partial charge in [0, 0.05) is 5.39 Å². The van der Waals surface area contributed by atoms with Crippen molar-refractivity contribution < 1.29 is 4.39 Å². The predicted molar refractivity (Wildman–Crippen MR) is 65.1 cm³/mol. The summed E-state index contributed by atoms with van der Waals surface area (Å²) in [5.74, 6) is -0.121. The summed E-state index contributed by atoms with van der Waals surface area (Å²) in [6.45, 7) is 2.06. The Balaban J connectivity index is 2.69. The number of aryl methyl sites for hydroxylation is 1. The van der Waals surface area contributed by atoms with E-state index in [2.05, 4.69) is 11.9 Å². The van der Waals surface area contributed by atoms with E-state index in [9.17, 15) is 4.39 Å². The van der Waals surface area contributed by atoms with Gasteiger partial charge in [-0.3, -0.25) is 0 Å². The Kier molecular flexibility index (Phi) is 2.97. The Morgan fingerprint density at radius 1 is 1.44 bits per heavy atom. The van der Waals surface area contributed by atoms with Gasteiger partial charge in [0.15, 0.2) is 5.82 Å². The fourth-order valence-electron chi connectivity index (χ4n) is 1.71. The van der Waals surface area contributed by atoms with Crippen molar-refractivity contribution in [2.45, 2.75) is 19.8 Å². The fourth-order valence-corrected chi connectivity index (χ4v) is 1.86. The smallest absolute Gasteiger partial charge is 0.168 e. The third-order valence-electron chi connectivity index (χ3n) is 2.51. The molecule has 4 heteroatoms. The molecular formula is C12H12ClFN2. The zero-order valence-electron chi connectivity index (χ0n) is 8.93. The normalized spacial score (nSPS) is 10.9. The molecule has 0 aliphatic carbocycles. The highest BCUT2D eigenvalue weighted by molar-refractivity contribution is 6.31. The number of hydrogen-bond donors (Lipinski definition) is 1. The second-order valence-electron chi connectivity index (χ2n) is 3.72. The first-order chi connectivity index (χ1) is 7.63. The molecule has 1 heterocycles. The summed E-state index contributed by atoms with van der Waals surface area (Å²) in [6.07, 6.45) is 1.83. The van der Waals surface area contributed by atoms with Crippen LogP contribution >= 0.6 is 11.6 Å². The van der Waals surface area contributed by atoms with Crippen molar-refractivity contribution in [2.75, 3.05) is 5.73 Å². The van der Waals surface area contributed by atoms with E-state index in [0.717, 1.165) is 23.8 Å². The SMILES string of the molecule is CCCc1cc2ccc(Cl)c(F)c2nc1N. The molecule has 2 rings (SSSR count). The molecule has 0 amide bonds. The molecule has 2 aromatic rings. The van der Waals surface area contributed by atoms with Crippen LogP contribution in [0.5, 0.6) is 0 Å². The van der Waals surface area contributed by atoms with Gasteiger partial charge >= 0.3 is 0 Å². The second kappa shape index (κ2) is 4.26. The van der Waals surface area contributed by atoms with E-state index in [-0.39, 0.29) is 10.5 Å². The molecule has 0 fully saturated rings. The van der Waals surface area contributed by atoms with Crippen molar-refractivity contribution in [1.82, 2.24) is 4.98 Å². The molecule has 0 bridgehead atoms. The molecule has 0 radical (unpaired) electrons. The first-order valence-corrected chi connectivity index (χ1v) is 5.54. The number of hydrogen-bond acceptors (Lipinski definition) is 2. The van der Waals surface area contributed by atoms with Crippen LogP contribution in [0.4, 0.5) is 10.2 Å². The van der Waals surface area contributed by atoms with Gasteiger partial charge < -0.3 is 5.73 Å². The van der Waals surface area contributed by atoms with Gasteiger partial charge in [-0.15, -0.1) is 0 Å². The molecule has 2 N–H and O–H groups in total. The minimum Gasteiger partial charge on any atom is -0.383 e. The van der Waals surface area contributed by atoms with E-state index < -0.39 is 5.82 Å². The third kappa shape index (κ3) is 1.83. The Morgan fingerprint density at radius 3 is 2.88 bits per heavy atom. The van der Waals surface area contributed by atoms with Crippen molar-refractivity contribution in [2.24, 2.45) is 0 Å². The van der Waals surface area contributed by atoms with Crippen molar-refractivity contribution >= 4 is 28.3 Å². The molecular weight excluding hydrogens is 227 g/mol. The third-order valence-corrected chi connectivity index (χ3v) is 2.80. The molecule has 0 spiro atoms. The number of pyridine rings is 1. The molecule has 2 nitrogen and oxygen atoms in total. The molecule has 84 valence electrons. The number of halogens is 2. The number of benzene rings is 1. The molecule has 0 unspecified atom stereocenters. The van der Waals surface area contributed by atoms with Crippen molar-refractivity contribution in [3.8, 4) is 0 Å². The van der Waals surface area contributed by atoms with Crippen LogP contribution in [0.25, 0.3) is 10.9 Å². The van der Waals surface area contributed by atoms with E-state index in [1.165, 1.54) is 6.07 Å². The van der Waals surface area contributed by atoms with Gasteiger partial charge in [0.1, 0.15) is 11.3 Å². The highest BCUT2D eigenvalue weighted by atomic mass is 35.5. The number of anilines is 1. The number of nitrogen functional groups attached to an aromatic ring is 1. The Labute approximate surface area is 98.2 Å². The standard InChI is InChI=1S/C12H12ClFN2/c1-2-3-8-6-7-4-5-9(13)10(14)11(7)16-12(8)15/h4-6H,2-3H2,1H3,(H2,15,16). The van der Waals surface area contributed by atoms with E-state index in [1.807, 2.05) is 6.07 Å². The van der Waals surface area contributed by atoms with Crippen LogP contribution in [0.15, 0.2) is 18.2 Å². The van der Waals surface area contributed by atoms with Gasteiger partial charge in [0.2, 0.25) is 0 Å². The molecule has 0 aliphatic heterocycles. The van der Waals surface area contributed by atoms with E-state index >= 15 is 0 Å². The lowest BCUT2D eigenvalue weighted by atomic mass is 10.1. The number of aromatic nitrogens is 1. The molecule has 1 aromatic heterocycles. The first kappa shape index (κ1) is 11.1. The van der Waals surface area contributed by atoms with Crippen LogP contribution < -0.4 is 5.73 Å². The Morgan fingerprint density at radius 2 is 2.19 bits per heavy atom. The lowest BCUT2D eigenvalue weighted by Gasteiger charge is -2.07. The largest absolute Gasteiger partial charge is 0.383 e. The van der Waals surface area contributed by atoms with Gasteiger partial charge in [0.25, 0.3) is 0 Å². The van der Waals surface area contributed by atoms with E-state index in [0.29, 0.717) is 5.82 Å². The molecule has 1 aromatic carbocycles. The van der Waals surface area contributed by atoms with Crippen LogP contribution in [0, 0.1) is 5.82 Å². The number of nitrogens with two attached hydrogens (primary N) is 1. The second-order valence-corrected chi connectivity index (χ2v) is 4.12. The average molecular weight is 239 g/mol. The summed E-state index contributed by atoms with van der Waals surface area (Å²) < 4.78 is 13.6. The maximum absolute atomic E-state index is 13.6. The maximum atomic E-state index is 13.6. The minimum atomic E-state index is -0.506. The van der Waals surface area contributed by atoms with Crippen molar-refractivity contribution in [1.29, 1.82) is 0 Å². The molecule has 0 aliphatic rings. The first-order valence-electron chi connectivity index (χ1n) is 5.16. The van der Waals surface area contributed by atoms with Crippen LogP contribution in [0.1, 0.15) is 18.9 Å². The van der Waals surface area contributed by atoms with Gasteiger partial charge in [0.05, 0.1) is 5.02 Å². The fraction of sp³-hybridized carbons (Fsp3) is 0.250. The summed E-state index contributed by atoms with van der Waals surface area (Å²) in [5.41, 5.74) is 6.97. The molecule has 16 heavy (non-hydrogen) atoms. The van der Waals surface area contributed by atoms with Crippen molar-refractivity contribution in [3.05, 3.63) is 34.6 Å². The van der Waals surface area contributed by atoms with Gasteiger partial charge in [-0.05, 0) is 24.1 Å². The minimum absolute atomic E-state index is 0.0719. The van der Waals surface area contributed by atoms with Gasteiger partial charge in [-0.2, -0.15) is 0 Å². The highest BCUT2D eigenvalue weighted by Gasteiger charge is 2.10. The van der Waals surface area contributed by atoms with Crippen LogP contribution in [-0.2, 0) is 6.42 Å². The van der Waals surface area contributed by atoms with E-state index in [4.69, 9.17) is 17.3 Å². The van der Waals surface area contributed by atoms with Gasteiger partial charge in [-0.1, -0.05) is 31.0 Å². The summed E-state index contributed by atoms with van der Waals surface area (Å²) >= 11 is 5.69. The van der Waals surface area contributed by atoms with E-state index in [1.54, 1.807) is 6.07 Å². The monoisotopic (exact) mass is 238 g/mol. The maximum Gasteiger partial charge on any atom is 0.168 e. The predicted octanol–water partition coefficient (Wildman–Crippen LogP) is 3.56. The number of nitrogens with zero attached hydrogens (tertiary/aromatic N) is 1. The van der Waals surface area contributed by atoms with Crippen LogP contribution in [0.3, 0.4) is 0 Å². The Hall–Kier alpha value is -1.35. The summed E-state index contributed by atoms with van der Waals surface area (Å²) in [7, 11) is 0. The molecule has 0 atom stereocenters. The lowest BCUT2D eigenvalue weighted by molar-refractivity contribution is 0.637. The van der Waals surface area contributed by atoms with Gasteiger partial charge in [-0.25, -0.2) is 9.37 Å². The zero-order chi connectivity index (χ0) is 11.7. The van der Waals surface area contributed by atoms with Crippen LogP contribution in [0.2, 0.25) is 5.02 Å². The summed E-state index contributed by atoms with van der Waals surface area (Å²) in [6, 6.07) is 5.17. The van der Waals surface area contributed by atoms with Crippen molar-refractivity contribution in [3.63, 3.8) is 0 Å². The quantitative estimate of drug-likeness (QED) is 0.869. The highest BCUT2D eigenvalue weighted by Crippen LogP contribution is 2.26. The summed E-state index contributed by atoms with van der Waals surface area (Å²) in [4.78, 5) is 4.07. The molecule has 0 saturated carbocycles.